The highest BCUT2D eigenvalue weighted by molar-refractivity contribution is 6.32. The number of piperidine rings is 1. The van der Waals surface area contributed by atoms with E-state index in [2.05, 4.69) is 9.97 Å². The van der Waals surface area contributed by atoms with Crippen molar-refractivity contribution in [1.29, 1.82) is 0 Å². The van der Waals surface area contributed by atoms with Crippen molar-refractivity contribution < 1.29 is 14.6 Å². The molecule has 6 nitrogen and oxygen atoms in total. The second-order valence-corrected chi connectivity index (χ2v) is 7.61. The van der Waals surface area contributed by atoms with Crippen LogP contribution in [-0.4, -0.2) is 51.2 Å². The van der Waals surface area contributed by atoms with Crippen molar-refractivity contribution >= 4 is 17.5 Å². The highest BCUT2D eigenvalue weighted by atomic mass is 35.5. The van der Waals surface area contributed by atoms with E-state index in [-0.39, 0.29) is 19.1 Å². The number of aliphatic hydroxyl groups is 1. The van der Waals surface area contributed by atoms with Gasteiger partial charge in [0.25, 0.3) is 5.91 Å². The van der Waals surface area contributed by atoms with E-state index in [9.17, 15) is 9.90 Å². The summed E-state index contributed by atoms with van der Waals surface area (Å²) in [4.78, 5) is 22.5. The summed E-state index contributed by atoms with van der Waals surface area (Å²) in [5.41, 5.74) is 1.86. The number of β-amino-alcohol motifs (C(OH)–C–C–N with tert-alkyl or cyclic N) is 1. The monoisotopic (exact) mass is 389 g/mol. The summed E-state index contributed by atoms with van der Waals surface area (Å²) in [7, 11) is 0. The predicted molar refractivity (Wildman–Crippen MR) is 103 cm³/mol. The minimum Gasteiger partial charge on any atom is -0.491 e. The molecule has 1 aliphatic rings. The molecular weight excluding hydrogens is 366 g/mol. The second kappa shape index (κ2) is 7.82. The van der Waals surface area contributed by atoms with Crippen LogP contribution in [0.3, 0.4) is 0 Å². The zero-order chi connectivity index (χ0) is 19.6. The van der Waals surface area contributed by atoms with Gasteiger partial charge in [-0.25, -0.2) is 9.97 Å². The summed E-state index contributed by atoms with van der Waals surface area (Å²) in [6.07, 6.45) is 4.22. The predicted octanol–water partition coefficient (Wildman–Crippen LogP) is 3.10. The molecule has 1 unspecified atom stereocenters. The number of hydrogen-bond acceptors (Lipinski definition) is 5. The van der Waals surface area contributed by atoms with Gasteiger partial charge in [0.05, 0.1) is 17.8 Å². The lowest BCUT2D eigenvalue weighted by atomic mass is 9.93. The van der Waals surface area contributed by atoms with E-state index in [1.807, 2.05) is 26.0 Å². The van der Waals surface area contributed by atoms with Crippen LogP contribution in [0.2, 0.25) is 5.02 Å². The van der Waals surface area contributed by atoms with Gasteiger partial charge in [-0.05, 0) is 56.9 Å². The average Bonchev–Trinajstić information content (AvgIpc) is 2.64. The van der Waals surface area contributed by atoms with Gasteiger partial charge in [0.15, 0.2) is 0 Å². The number of nitrogens with zero attached hydrogens (tertiary/aromatic N) is 3. The molecule has 27 heavy (non-hydrogen) atoms. The van der Waals surface area contributed by atoms with Gasteiger partial charge in [0.1, 0.15) is 24.3 Å². The number of hydrogen-bond donors (Lipinski definition) is 1. The maximum Gasteiger partial charge on any atom is 0.257 e. The van der Waals surface area contributed by atoms with Crippen LogP contribution in [0.1, 0.15) is 40.0 Å². The van der Waals surface area contributed by atoms with E-state index >= 15 is 0 Å². The Labute approximate surface area is 164 Å². The molecule has 3 rings (SSSR count). The molecule has 2 heterocycles. The molecule has 1 aromatic carbocycles. The van der Waals surface area contributed by atoms with Crippen LogP contribution in [0.25, 0.3) is 0 Å². The summed E-state index contributed by atoms with van der Waals surface area (Å²) in [6.45, 7) is 6.53. The summed E-state index contributed by atoms with van der Waals surface area (Å²) < 4.78 is 5.85. The Bertz CT molecular complexity index is 835. The molecule has 1 aromatic heterocycles. The SMILES string of the molecule is Cc1cc(OCC2(O)CCCN(C(=O)c3cncnc3C)C2)cc(C)c1Cl. The smallest absolute Gasteiger partial charge is 0.257 e. The van der Waals surface area contributed by atoms with Gasteiger partial charge in [-0.15, -0.1) is 0 Å². The minimum atomic E-state index is -1.10. The number of carbonyl (C=O) groups is 1. The maximum atomic E-state index is 12.8. The number of halogens is 1. The van der Waals surface area contributed by atoms with Crippen molar-refractivity contribution in [2.75, 3.05) is 19.7 Å². The Morgan fingerprint density at radius 2 is 2.04 bits per heavy atom. The van der Waals surface area contributed by atoms with Crippen molar-refractivity contribution in [3.8, 4) is 5.75 Å². The first-order chi connectivity index (χ1) is 12.8. The molecule has 1 atom stereocenters. The summed E-state index contributed by atoms with van der Waals surface area (Å²) in [6, 6.07) is 3.71. The van der Waals surface area contributed by atoms with Crippen LogP contribution in [0.4, 0.5) is 0 Å². The van der Waals surface area contributed by atoms with Gasteiger partial charge in [0, 0.05) is 17.8 Å². The first kappa shape index (κ1) is 19.6. The van der Waals surface area contributed by atoms with Crippen molar-refractivity contribution in [2.45, 2.75) is 39.2 Å². The van der Waals surface area contributed by atoms with Gasteiger partial charge < -0.3 is 14.7 Å². The highest BCUT2D eigenvalue weighted by Crippen LogP contribution is 2.28. The third-order valence-electron chi connectivity index (χ3n) is 4.90. The van der Waals surface area contributed by atoms with Gasteiger partial charge in [-0.3, -0.25) is 4.79 Å². The third-order valence-corrected chi connectivity index (χ3v) is 5.50. The lowest BCUT2D eigenvalue weighted by molar-refractivity contribution is -0.0532. The molecule has 1 amide bonds. The molecule has 1 saturated heterocycles. The third kappa shape index (κ3) is 4.39. The van der Waals surface area contributed by atoms with E-state index < -0.39 is 5.60 Å². The zero-order valence-corrected chi connectivity index (χ0v) is 16.6. The molecule has 2 aromatic rings. The highest BCUT2D eigenvalue weighted by Gasteiger charge is 2.36. The Balaban J connectivity index is 1.69. The first-order valence-electron chi connectivity index (χ1n) is 8.97. The van der Waals surface area contributed by atoms with E-state index in [1.54, 1.807) is 11.8 Å². The number of rotatable bonds is 4. The standard InChI is InChI=1S/C20H24ClN3O3/c1-13-7-16(8-14(2)18(13)21)27-11-20(26)5-4-6-24(10-20)19(25)17-9-22-12-23-15(17)3/h7-9,12,26H,4-6,10-11H2,1-3H3. The molecular formula is C20H24ClN3O3. The van der Waals surface area contributed by atoms with Gasteiger partial charge in [-0.1, -0.05) is 11.6 Å². The van der Waals surface area contributed by atoms with Crippen LogP contribution in [0.15, 0.2) is 24.7 Å². The van der Waals surface area contributed by atoms with Crippen molar-refractivity contribution in [1.82, 2.24) is 14.9 Å². The van der Waals surface area contributed by atoms with E-state index in [4.69, 9.17) is 16.3 Å². The largest absolute Gasteiger partial charge is 0.491 e. The number of aryl methyl sites for hydroxylation is 3. The van der Waals surface area contributed by atoms with Crippen molar-refractivity contribution in [2.24, 2.45) is 0 Å². The lowest BCUT2D eigenvalue weighted by Gasteiger charge is -2.39. The Hall–Kier alpha value is -2.18. The van der Waals surface area contributed by atoms with Gasteiger partial charge in [-0.2, -0.15) is 0 Å². The number of ether oxygens (including phenoxy) is 1. The van der Waals surface area contributed by atoms with Crippen LogP contribution < -0.4 is 4.74 Å². The fraction of sp³-hybridized carbons (Fsp3) is 0.450. The molecule has 0 saturated carbocycles. The number of aromatic nitrogens is 2. The van der Waals surface area contributed by atoms with Gasteiger partial charge >= 0.3 is 0 Å². The minimum absolute atomic E-state index is 0.113. The normalized spacial score (nSPS) is 19.8. The fourth-order valence-corrected chi connectivity index (χ4v) is 3.49. The number of likely N-dealkylation sites (tertiary alicyclic amines) is 1. The molecule has 1 N–H and O–H groups in total. The average molecular weight is 390 g/mol. The number of amides is 1. The Morgan fingerprint density at radius 1 is 1.33 bits per heavy atom. The first-order valence-corrected chi connectivity index (χ1v) is 9.35. The van der Waals surface area contributed by atoms with Crippen LogP contribution in [0.5, 0.6) is 5.75 Å². The van der Waals surface area contributed by atoms with Crippen molar-refractivity contribution in [3.05, 3.63) is 52.1 Å². The quantitative estimate of drug-likeness (QED) is 0.869. The molecule has 0 spiro atoms. The fourth-order valence-electron chi connectivity index (χ4n) is 3.38. The molecule has 0 aliphatic carbocycles. The summed E-state index contributed by atoms with van der Waals surface area (Å²) in [5.74, 6) is 0.503. The van der Waals surface area contributed by atoms with Crippen LogP contribution in [-0.2, 0) is 0 Å². The van der Waals surface area contributed by atoms with E-state index in [0.29, 0.717) is 36.4 Å². The molecule has 7 heteroatoms. The topological polar surface area (TPSA) is 75.6 Å². The van der Waals surface area contributed by atoms with Gasteiger partial charge in [0.2, 0.25) is 0 Å². The Kier molecular flexibility index (Phi) is 5.67. The van der Waals surface area contributed by atoms with Crippen LogP contribution >= 0.6 is 11.6 Å². The molecule has 0 radical (unpaired) electrons. The summed E-state index contributed by atoms with van der Waals surface area (Å²) >= 11 is 6.19. The maximum absolute atomic E-state index is 12.8. The molecule has 1 fully saturated rings. The van der Waals surface area contributed by atoms with Crippen molar-refractivity contribution in [3.63, 3.8) is 0 Å². The van der Waals surface area contributed by atoms with Crippen LogP contribution in [0, 0.1) is 20.8 Å². The summed E-state index contributed by atoms with van der Waals surface area (Å²) in [5, 5.41) is 11.7. The zero-order valence-electron chi connectivity index (χ0n) is 15.8. The molecule has 144 valence electrons. The lowest BCUT2D eigenvalue weighted by Crippen LogP contribution is -2.53. The molecule has 0 bridgehead atoms. The van der Waals surface area contributed by atoms with E-state index in [1.165, 1.54) is 12.5 Å². The second-order valence-electron chi connectivity index (χ2n) is 7.24. The van der Waals surface area contributed by atoms with E-state index in [0.717, 1.165) is 16.1 Å². The number of benzene rings is 1. The number of carbonyl (C=O) groups excluding carboxylic acids is 1. The molecule has 1 aliphatic heterocycles. The Morgan fingerprint density at radius 3 is 2.70 bits per heavy atom.